The van der Waals surface area contributed by atoms with Gasteiger partial charge in [0.2, 0.25) is 0 Å². The molecule has 1 fully saturated rings. The van der Waals surface area contributed by atoms with Crippen molar-refractivity contribution in [2.24, 2.45) is 0 Å². The summed E-state index contributed by atoms with van der Waals surface area (Å²) >= 11 is 6.17. The van der Waals surface area contributed by atoms with Crippen LogP contribution in [0.15, 0.2) is 18.2 Å². The van der Waals surface area contributed by atoms with E-state index in [0.29, 0.717) is 5.46 Å². The Kier molecular flexibility index (Phi) is 6.61. The summed E-state index contributed by atoms with van der Waals surface area (Å²) in [6.45, 7) is 11.4. The van der Waals surface area contributed by atoms with Gasteiger partial charge in [0.1, 0.15) is 6.10 Å². The maximum atomic E-state index is 12.5. The van der Waals surface area contributed by atoms with Gasteiger partial charge in [0.25, 0.3) is 0 Å². The van der Waals surface area contributed by atoms with Gasteiger partial charge in [-0.1, -0.05) is 17.7 Å². The van der Waals surface area contributed by atoms with Gasteiger partial charge in [-0.3, -0.25) is 4.79 Å². The van der Waals surface area contributed by atoms with E-state index in [1.54, 1.807) is 32.0 Å². The Morgan fingerprint density at radius 1 is 1.19 bits per heavy atom. The van der Waals surface area contributed by atoms with Gasteiger partial charge in [0.05, 0.1) is 34.8 Å². The fourth-order valence-corrected chi connectivity index (χ4v) is 2.76. The highest BCUT2D eigenvalue weighted by molar-refractivity contribution is 6.62. The van der Waals surface area contributed by atoms with Gasteiger partial charge in [-0.05, 0) is 59.1 Å². The molecule has 0 N–H and O–H groups in total. The zero-order valence-electron chi connectivity index (χ0n) is 16.6. The Morgan fingerprint density at radius 3 is 2.33 bits per heavy atom. The third-order valence-electron chi connectivity index (χ3n) is 4.80. The minimum Gasteiger partial charge on any atom is -0.466 e. The normalized spacial score (nSPS) is 18.9. The summed E-state index contributed by atoms with van der Waals surface area (Å²) in [5.74, 6) is -1.04. The average molecular weight is 397 g/mol. The van der Waals surface area contributed by atoms with Crippen molar-refractivity contribution in [3.63, 3.8) is 0 Å². The van der Waals surface area contributed by atoms with Crippen LogP contribution in [0.4, 0.5) is 0 Å². The summed E-state index contributed by atoms with van der Waals surface area (Å²) in [5.41, 5.74) is -0.124. The molecule has 1 aromatic carbocycles. The zero-order chi connectivity index (χ0) is 20.4. The van der Waals surface area contributed by atoms with E-state index in [1.807, 2.05) is 27.7 Å². The lowest BCUT2D eigenvalue weighted by Crippen LogP contribution is -2.41. The Labute approximate surface area is 165 Å². The first kappa shape index (κ1) is 21.7. The van der Waals surface area contributed by atoms with Crippen molar-refractivity contribution in [3.05, 3.63) is 28.8 Å². The van der Waals surface area contributed by atoms with E-state index >= 15 is 0 Å². The van der Waals surface area contributed by atoms with Crippen LogP contribution in [0.2, 0.25) is 5.02 Å². The summed E-state index contributed by atoms with van der Waals surface area (Å²) in [4.78, 5) is 24.0. The van der Waals surface area contributed by atoms with Crippen LogP contribution in [-0.4, -0.2) is 43.0 Å². The van der Waals surface area contributed by atoms with Crippen LogP contribution in [0.5, 0.6) is 0 Å². The van der Waals surface area contributed by atoms with Gasteiger partial charge in [-0.25, -0.2) is 4.79 Å². The van der Waals surface area contributed by atoms with Gasteiger partial charge < -0.3 is 18.8 Å². The van der Waals surface area contributed by atoms with Gasteiger partial charge in [0, 0.05) is 0 Å². The smallest absolute Gasteiger partial charge is 0.466 e. The van der Waals surface area contributed by atoms with E-state index in [2.05, 4.69) is 0 Å². The van der Waals surface area contributed by atoms with Crippen LogP contribution in [0, 0.1) is 0 Å². The monoisotopic (exact) mass is 396 g/mol. The van der Waals surface area contributed by atoms with Gasteiger partial charge >= 0.3 is 19.1 Å². The van der Waals surface area contributed by atoms with Crippen LogP contribution < -0.4 is 5.46 Å². The number of carbonyl (C=O) groups is 2. The second kappa shape index (κ2) is 8.21. The summed E-state index contributed by atoms with van der Waals surface area (Å²) in [6.07, 6.45) is -0.651. The molecule has 0 saturated carbocycles. The van der Waals surface area contributed by atoms with Gasteiger partial charge in [-0.15, -0.1) is 0 Å². The molecule has 0 aliphatic carbocycles. The van der Waals surface area contributed by atoms with Crippen molar-refractivity contribution in [1.29, 1.82) is 0 Å². The van der Waals surface area contributed by atoms with E-state index in [-0.39, 0.29) is 23.6 Å². The number of benzene rings is 1. The van der Waals surface area contributed by atoms with E-state index in [1.165, 1.54) is 0 Å². The second-order valence-electron chi connectivity index (χ2n) is 7.55. The average Bonchev–Trinajstić information content (AvgIpc) is 2.75. The van der Waals surface area contributed by atoms with Crippen molar-refractivity contribution >= 4 is 36.1 Å². The Hall–Kier alpha value is -1.57. The lowest BCUT2D eigenvalue weighted by molar-refractivity contribution is -0.145. The second-order valence-corrected chi connectivity index (χ2v) is 7.96. The molecular formula is C19H26BClO6. The van der Waals surface area contributed by atoms with Crippen LogP contribution in [0.25, 0.3) is 0 Å². The third kappa shape index (κ3) is 5.03. The molecule has 1 aliphatic heterocycles. The number of hydrogen-bond acceptors (Lipinski definition) is 6. The van der Waals surface area contributed by atoms with Crippen molar-refractivity contribution < 1.29 is 28.4 Å². The predicted octanol–water partition coefficient (Wildman–Crippen LogP) is 3.14. The molecule has 1 atom stereocenters. The SMILES string of the molecule is CCOC(=O)C[C@H](C)OC(=O)c1cc(B2OC(C)(C)C(C)(C)O2)ccc1Cl. The summed E-state index contributed by atoms with van der Waals surface area (Å²) in [6, 6.07) is 4.96. The Balaban J connectivity index is 2.13. The first-order valence-electron chi connectivity index (χ1n) is 8.98. The number of halogens is 1. The summed E-state index contributed by atoms with van der Waals surface area (Å²) in [7, 11) is -0.615. The molecule has 1 aromatic rings. The Morgan fingerprint density at radius 2 is 1.78 bits per heavy atom. The highest BCUT2D eigenvalue weighted by Gasteiger charge is 2.51. The summed E-state index contributed by atoms with van der Waals surface area (Å²) in [5, 5.41) is 0.253. The fourth-order valence-electron chi connectivity index (χ4n) is 2.57. The third-order valence-corrected chi connectivity index (χ3v) is 5.13. The van der Waals surface area contributed by atoms with Gasteiger partial charge in [0.15, 0.2) is 0 Å². The van der Waals surface area contributed by atoms with Crippen LogP contribution in [0.3, 0.4) is 0 Å². The molecule has 0 amide bonds. The van der Waals surface area contributed by atoms with Crippen LogP contribution >= 0.6 is 11.6 Å². The highest BCUT2D eigenvalue weighted by Crippen LogP contribution is 2.36. The van der Waals surface area contributed by atoms with Crippen molar-refractivity contribution in [1.82, 2.24) is 0 Å². The zero-order valence-corrected chi connectivity index (χ0v) is 17.4. The van der Waals surface area contributed by atoms with E-state index < -0.39 is 36.4 Å². The summed E-state index contributed by atoms with van der Waals surface area (Å²) < 4.78 is 22.2. The van der Waals surface area contributed by atoms with Crippen molar-refractivity contribution in [2.45, 2.75) is 65.3 Å². The lowest BCUT2D eigenvalue weighted by Gasteiger charge is -2.32. The largest absolute Gasteiger partial charge is 0.494 e. The van der Waals surface area contributed by atoms with Crippen molar-refractivity contribution in [3.8, 4) is 0 Å². The number of esters is 2. The molecule has 1 aliphatic rings. The fraction of sp³-hybridized carbons (Fsp3) is 0.579. The number of ether oxygens (including phenoxy) is 2. The molecule has 1 saturated heterocycles. The van der Waals surface area contributed by atoms with Crippen molar-refractivity contribution in [2.75, 3.05) is 6.61 Å². The molecule has 2 rings (SSSR count). The molecule has 1 heterocycles. The lowest BCUT2D eigenvalue weighted by atomic mass is 9.78. The Bertz CT molecular complexity index is 702. The standard InChI is InChI=1S/C19H26BClO6/c1-7-24-16(22)10-12(2)25-17(23)14-11-13(8-9-15(14)21)20-26-18(3,4)19(5,6)27-20/h8-9,11-12H,7,10H2,1-6H3/t12-/m0/s1. The van der Waals surface area contributed by atoms with E-state index in [4.69, 9.17) is 30.4 Å². The molecule has 27 heavy (non-hydrogen) atoms. The molecule has 0 bridgehead atoms. The van der Waals surface area contributed by atoms with Gasteiger partial charge in [-0.2, -0.15) is 0 Å². The molecule has 0 unspecified atom stereocenters. The van der Waals surface area contributed by atoms with Crippen LogP contribution in [-0.2, 0) is 23.6 Å². The molecule has 0 radical (unpaired) electrons. The maximum absolute atomic E-state index is 12.5. The molecule has 8 heteroatoms. The van der Waals surface area contributed by atoms with E-state index in [9.17, 15) is 9.59 Å². The number of hydrogen-bond donors (Lipinski definition) is 0. The predicted molar refractivity (Wildman–Crippen MR) is 103 cm³/mol. The number of carbonyl (C=O) groups excluding carboxylic acids is 2. The molecule has 6 nitrogen and oxygen atoms in total. The minimum atomic E-state index is -0.631. The maximum Gasteiger partial charge on any atom is 0.494 e. The molecule has 0 aromatic heterocycles. The highest BCUT2D eigenvalue weighted by atomic mass is 35.5. The molecule has 148 valence electrons. The minimum absolute atomic E-state index is 0.0197. The molecule has 0 spiro atoms. The quantitative estimate of drug-likeness (QED) is 0.543. The first-order valence-corrected chi connectivity index (χ1v) is 9.36. The van der Waals surface area contributed by atoms with Crippen LogP contribution in [0.1, 0.15) is 58.3 Å². The number of rotatable bonds is 6. The topological polar surface area (TPSA) is 71.1 Å². The van der Waals surface area contributed by atoms with E-state index in [0.717, 1.165) is 0 Å². The molecular weight excluding hydrogens is 370 g/mol. The first-order chi connectivity index (χ1) is 12.5.